The average molecular weight is 380 g/mol. The highest BCUT2D eigenvalue weighted by atomic mass is 32.2. The van der Waals surface area contributed by atoms with Crippen LogP contribution in [0.4, 0.5) is 0 Å². The first-order valence-corrected chi connectivity index (χ1v) is 10.0. The van der Waals surface area contributed by atoms with Crippen molar-refractivity contribution in [1.29, 1.82) is 0 Å². The van der Waals surface area contributed by atoms with Crippen molar-refractivity contribution in [2.45, 2.75) is 43.5 Å². The summed E-state index contributed by atoms with van der Waals surface area (Å²) in [7, 11) is -0.831. The van der Waals surface area contributed by atoms with Crippen LogP contribution < -0.4 is 9.47 Å². The van der Waals surface area contributed by atoms with Crippen molar-refractivity contribution in [3.05, 3.63) is 35.7 Å². The smallest absolute Gasteiger partial charge is 0.247 e. The fourth-order valence-electron chi connectivity index (χ4n) is 3.16. The van der Waals surface area contributed by atoms with Crippen molar-refractivity contribution in [1.82, 2.24) is 9.46 Å². The van der Waals surface area contributed by atoms with Crippen LogP contribution in [0.15, 0.2) is 33.7 Å². The number of aromatic nitrogens is 1. The summed E-state index contributed by atoms with van der Waals surface area (Å²) >= 11 is 0. The molecular weight excluding hydrogens is 356 g/mol. The summed E-state index contributed by atoms with van der Waals surface area (Å²) in [6.45, 7) is 4.46. The molecule has 1 aromatic carbocycles. The highest BCUT2D eigenvalue weighted by Crippen LogP contribution is 2.40. The van der Waals surface area contributed by atoms with Crippen LogP contribution in [0.2, 0.25) is 0 Å². The Morgan fingerprint density at radius 2 is 2.00 bits per heavy atom. The summed E-state index contributed by atoms with van der Waals surface area (Å²) in [6, 6.07) is 6.25. The van der Waals surface area contributed by atoms with E-state index < -0.39 is 10.0 Å². The third-order valence-corrected chi connectivity index (χ3v) is 6.56. The van der Waals surface area contributed by atoms with Gasteiger partial charge < -0.3 is 14.0 Å². The number of sulfonamides is 1. The molecular formula is C18H24N2O5S. The standard InChI is InChI=1S/C18H24N2O5S/c1-12(2)14-11-17(25-19-14)15-6-5-9-20(15)26(21,22)18-10-13(23-3)7-8-16(18)24-4/h7-8,10-12,15H,5-6,9H2,1-4H3. The van der Waals surface area contributed by atoms with Crippen molar-refractivity contribution in [2.24, 2.45) is 0 Å². The highest BCUT2D eigenvalue weighted by molar-refractivity contribution is 7.89. The fourth-order valence-corrected chi connectivity index (χ4v) is 4.99. The number of nitrogens with zero attached hydrogens (tertiary/aromatic N) is 2. The zero-order valence-electron chi connectivity index (χ0n) is 15.4. The van der Waals surface area contributed by atoms with E-state index >= 15 is 0 Å². The molecule has 2 aromatic rings. The van der Waals surface area contributed by atoms with Gasteiger partial charge in [-0.1, -0.05) is 19.0 Å². The van der Waals surface area contributed by atoms with Gasteiger partial charge in [-0.3, -0.25) is 0 Å². The second-order valence-electron chi connectivity index (χ2n) is 6.60. The van der Waals surface area contributed by atoms with Crippen LogP contribution in [-0.2, 0) is 10.0 Å². The molecule has 1 unspecified atom stereocenters. The average Bonchev–Trinajstić information content (AvgIpc) is 3.30. The Kier molecular flexibility index (Phi) is 5.24. The van der Waals surface area contributed by atoms with Gasteiger partial charge in [-0.25, -0.2) is 8.42 Å². The lowest BCUT2D eigenvalue weighted by molar-refractivity contribution is 0.294. The maximum atomic E-state index is 13.3. The van der Waals surface area contributed by atoms with E-state index in [0.29, 0.717) is 24.5 Å². The molecule has 1 atom stereocenters. The second kappa shape index (κ2) is 7.28. The largest absolute Gasteiger partial charge is 0.497 e. The Bertz CT molecular complexity index is 875. The van der Waals surface area contributed by atoms with E-state index in [1.807, 2.05) is 19.9 Å². The minimum absolute atomic E-state index is 0.0925. The lowest BCUT2D eigenvalue weighted by atomic mass is 10.1. The normalized spacial score (nSPS) is 18.4. The molecule has 26 heavy (non-hydrogen) atoms. The predicted octanol–water partition coefficient (Wildman–Crippen LogP) is 3.34. The lowest BCUT2D eigenvalue weighted by Gasteiger charge is -2.23. The van der Waals surface area contributed by atoms with E-state index in [-0.39, 0.29) is 22.6 Å². The molecule has 1 aliphatic rings. The molecule has 142 valence electrons. The third kappa shape index (κ3) is 3.31. The van der Waals surface area contributed by atoms with Gasteiger partial charge in [-0.15, -0.1) is 0 Å². The molecule has 1 fully saturated rings. The van der Waals surface area contributed by atoms with Crippen molar-refractivity contribution < 1.29 is 22.4 Å². The predicted molar refractivity (Wildman–Crippen MR) is 96.0 cm³/mol. The van der Waals surface area contributed by atoms with Gasteiger partial charge in [0.2, 0.25) is 10.0 Å². The SMILES string of the molecule is COc1ccc(OC)c(S(=O)(=O)N2CCCC2c2cc(C(C)C)no2)c1. The Morgan fingerprint density at radius 1 is 1.23 bits per heavy atom. The van der Waals surface area contributed by atoms with Gasteiger partial charge in [0.05, 0.1) is 26.0 Å². The molecule has 0 N–H and O–H groups in total. The van der Waals surface area contributed by atoms with Gasteiger partial charge in [0, 0.05) is 18.7 Å². The van der Waals surface area contributed by atoms with Gasteiger partial charge in [-0.05, 0) is 30.9 Å². The summed E-state index contributed by atoms with van der Waals surface area (Å²) in [6.07, 6.45) is 1.45. The summed E-state index contributed by atoms with van der Waals surface area (Å²) in [5, 5.41) is 4.07. The molecule has 0 radical (unpaired) electrons. The highest BCUT2D eigenvalue weighted by Gasteiger charge is 2.40. The Balaban J connectivity index is 2.00. The van der Waals surface area contributed by atoms with E-state index in [0.717, 1.165) is 12.1 Å². The van der Waals surface area contributed by atoms with Gasteiger partial charge >= 0.3 is 0 Å². The van der Waals surface area contributed by atoms with Crippen molar-refractivity contribution in [3.8, 4) is 11.5 Å². The van der Waals surface area contributed by atoms with E-state index in [4.69, 9.17) is 14.0 Å². The molecule has 0 aliphatic carbocycles. The number of hydrogen-bond acceptors (Lipinski definition) is 6. The van der Waals surface area contributed by atoms with Crippen molar-refractivity contribution >= 4 is 10.0 Å². The van der Waals surface area contributed by atoms with E-state index in [1.54, 1.807) is 12.1 Å². The minimum Gasteiger partial charge on any atom is -0.497 e. The molecule has 0 bridgehead atoms. The molecule has 7 nitrogen and oxygen atoms in total. The van der Waals surface area contributed by atoms with E-state index in [1.165, 1.54) is 24.6 Å². The van der Waals surface area contributed by atoms with Crippen molar-refractivity contribution in [3.63, 3.8) is 0 Å². The first-order valence-electron chi connectivity index (χ1n) is 8.59. The minimum atomic E-state index is -3.78. The lowest BCUT2D eigenvalue weighted by Crippen LogP contribution is -2.30. The quantitative estimate of drug-likeness (QED) is 0.764. The number of rotatable bonds is 6. The van der Waals surface area contributed by atoms with Gasteiger partial charge in [-0.2, -0.15) is 4.31 Å². The summed E-state index contributed by atoms with van der Waals surface area (Å²) in [5.74, 6) is 1.55. The zero-order chi connectivity index (χ0) is 18.9. The second-order valence-corrected chi connectivity index (χ2v) is 8.46. The van der Waals surface area contributed by atoms with Crippen LogP contribution in [0.25, 0.3) is 0 Å². The molecule has 2 heterocycles. The molecule has 1 saturated heterocycles. The van der Waals surface area contributed by atoms with Gasteiger partial charge in [0.15, 0.2) is 5.76 Å². The number of hydrogen-bond donors (Lipinski definition) is 0. The Morgan fingerprint density at radius 3 is 2.62 bits per heavy atom. The topological polar surface area (TPSA) is 81.9 Å². The molecule has 0 spiro atoms. The summed E-state index contributed by atoms with van der Waals surface area (Å²) in [4.78, 5) is 0.0925. The third-order valence-electron chi connectivity index (χ3n) is 4.63. The number of benzene rings is 1. The van der Waals surface area contributed by atoms with Crippen molar-refractivity contribution in [2.75, 3.05) is 20.8 Å². The van der Waals surface area contributed by atoms with Gasteiger partial charge in [0.1, 0.15) is 16.4 Å². The van der Waals surface area contributed by atoms with Crippen LogP contribution in [0, 0.1) is 0 Å². The van der Waals surface area contributed by atoms with Gasteiger partial charge in [0.25, 0.3) is 0 Å². The first kappa shape index (κ1) is 18.7. The monoisotopic (exact) mass is 380 g/mol. The maximum absolute atomic E-state index is 13.3. The molecule has 1 aliphatic heterocycles. The first-order chi connectivity index (χ1) is 12.4. The molecule has 8 heteroatoms. The number of methoxy groups -OCH3 is 2. The fraction of sp³-hybridized carbons (Fsp3) is 0.500. The Hall–Kier alpha value is -2.06. The molecule has 1 aromatic heterocycles. The van der Waals surface area contributed by atoms with Crippen LogP contribution in [0.1, 0.15) is 50.1 Å². The van der Waals surface area contributed by atoms with Crippen LogP contribution in [-0.4, -0.2) is 38.6 Å². The Labute approximate surface area is 153 Å². The van der Waals surface area contributed by atoms with E-state index in [2.05, 4.69) is 5.16 Å². The summed E-state index contributed by atoms with van der Waals surface area (Å²) < 4.78 is 44.1. The number of ether oxygens (including phenoxy) is 2. The zero-order valence-corrected chi connectivity index (χ0v) is 16.2. The molecule has 3 rings (SSSR count). The van der Waals surface area contributed by atoms with Crippen LogP contribution in [0.3, 0.4) is 0 Å². The molecule has 0 amide bonds. The van der Waals surface area contributed by atoms with Crippen LogP contribution >= 0.6 is 0 Å². The molecule has 0 saturated carbocycles. The van der Waals surface area contributed by atoms with E-state index in [9.17, 15) is 8.42 Å². The van der Waals surface area contributed by atoms with Crippen LogP contribution in [0.5, 0.6) is 11.5 Å². The summed E-state index contributed by atoms with van der Waals surface area (Å²) in [5.41, 5.74) is 0.822. The maximum Gasteiger partial charge on any atom is 0.247 e.